The van der Waals surface area contributed by atoms with Crippen LogP contribution in [0, 0.1) is 5.82 Å². The fourth-order valence-corrected chi connectivity index (χ4v) is 5.26. The van der Waals surface area contributed by atoms with Crippen molar-refractivity contribution in [1.82, 2.24) is 4.72 Å². The van der Waals surface area contributed by atoms with Crippen molar-refractivity contribution in [1.29, 1.82) is 0 Å². The number of fused-ring (bicyclic) bond motifs is 1. The van der Waals surface area contributed by atoms with Gasteiger partial charge in [0.05, 0.1) is 15.5 Å². The van der Waals surface area contributed by atoms with Crippen molar-refractivity contribution in [3.05, 3.63) is 46.7 Å². The molecule has 166 valence electrons. The van der Waals surface area contributed by atoms with Gasteiger partial charge in [-0.2, -0.15) is 0 Å². The van der Waals surface area contributed by atoms with Crippen LogP contribution in [0.3, 0.4) is 0 Å². The number of hydrogen-bond donors (Lipinski definition) is 2. The van der Waals surface area contributed by atoms with E-state index in [4.69, 9.17) is 21.1 Å². The van der Waals surface area contributed by atoms with Crippen LogP contribution in [-0.4, -0.2) is 33.6 Å². The van der Waals surface area contributed by atoms with Gasteiger partial charge in [-0.25, -0.2) is 17.5 Å². The Labute approximate surface area is 184 Å². The molecule has 1 aliphatic heterocycles. The first kappa shape index (κ1) is 21.9. The maximum absolute atomic E-state index is 13.4. The van der Waals surface area contributed by atoms with Crippen LogP contribution in [0.1, 0.15) is 42.5 Å². The smallest absolute Gasteiger partial charge is 0.259 e. The second-order valence-corrected chi connectivity index (χ2v) is 9.66. The number of hydrogen-bond acceptors (Lipinski definition) is 5. The highest BCUT2D eigenvalue weighted by Gasteiger charge is 2.28. The fourth-order valence-electron chi connectivity index (χ4n) is 3.73. The average Bonchev–Trinajstić information content (AvgIpc) is 2.76. The highest BCUT2D eigenvalue weighted by molar-refractivity contribution is 7.89. The lowest BCUT2D eigenvalue weighted by Gasteiger charge is -2.24. The van der Waals surface area contributed by atoms with Crippen LogP contribution >= 0.6 is 11.6 Å². The summed E-state index contributed by atoms with van der Waals surface area (Å²) in [5.41, 5.74) is 0.261. The van der Waals surface area contributed by atoms with E-state index in [2.05, 4.69) is 10.0 Å². The number of ether oxygens (including phenoxy) is 2. The molecule has 1 heterocycles. The lowest BCUT2D eigenvalue weighted by molar-refractivity contribution is 0.101. The Kier molecular flexibility index (Phi) is 6.36. The molecule has 1 aliphatic carbocycles. The monoisotopic (exact) mass is 468 g/mol. The quantitative estimate of drug-likeness (QED) is 0.688. The fraction of sp³-hybridized carbons (Fsp3) is 0.381. The molecule has 31 heavy (non-hydrogen) atoms. The van der Waals surface area contributed by atoms with Gasteiger partial charge >= 0.3 is 0 Å². The summed E-state index contributed by atoms with van der Waals surface area (Å²) in [7, 11) is -3.87. The van der Waals surface area contributed by atoms with E-state index in [1.54, 1.807) is 0 Å². The normalized spacial score (nSPS) is 16.7. The van der Waals surface area contributed by atoms with Crippen LogP contribution in [0.2, 0.25) is 5.02 Å². The average molecular weight is 469 g/mol. The van der Waals surface area contributed by atoms with Gasteiger partial charge in [-0.3, -0.25) is 4.79 Å². The number of benzene rings is 2. The van der Waals surface area contributed by atoms with E-state index >= 15 is 0 Å². The van der Waals surface area contributed by atoms with Gasteiger partial charge in [-0.15, -0.1) is 0 Å². The molecule has 10 heteroatoms. The third-order valence-electron chi connectivity index (χ3n) is 5.28. The zero-order chi connectivity index (χ0) is 22.0. The molecular formula is C21H22ClFN2O5S. The van der Waals surface area contributed by atoms with Gasteiger partial charge < -0.3 is 14.8 Å². The summed E-state index contributed by atoms with van der Waals surface area (Å²) >= 11 is 5.78. The minimum Gasteiger partial charge on any atom is -0.486 e. The summed E-state index contributed by atoms with van der Waals surface area (Å²) in [5, 5.41) is 2.45. The van der Waals surface area contributed by atoms with Crippen LogP contribution in [-0.2, 0) is 10.0 Å². The Balaban J connectivity index is 1.66. The third kappa shape index (κ3) is 4.94. The molecule has 0 radical (unpaired) electrons. The predicted molar refractivity (Wildman–Crippen MR) is 114 cm³/mol. The van der Waals surface area contributed by atoms with Crippen molar-refractivity contribution in [2.45, 2.75) is 43.0 Å². The second kappa shape index (κ2) is 9.02. The minimum atomic E-state index is -3.87. The Bertz CT molecular complexity index is 1100. The molecule has 4 rings (SSSR count). The first-order valence-corrected chi connectivity index (χ1v) is 11.9. The number of sulfonamides is 1. The zero-order valence-electron chi connectivity index (χ0n) is 16.6. The number of carbonyl (C=O) groups is 1. The van der Waals surface area contributed by atoms with Crippen molar-refractivity contribution in [3.8, 4) is 11.5 Å². The van der Waals surface area contributed by atoms with E-state index in [1.807, 2.05) is 0 Å². The van der Waals surface area contributed by atoms with E-state index < -0.39 is 21.7 Å². The number of halogens is 2. The maximum atomic E-state index is 13.4. The van der Waals surface area contributed by atoms with Crippen LogP contribution in [0.5, 0.6) is 11.5 Å². The molecule has 7 nitrogen and oxygen atoms in total. The summed E-state index contributed by atoms with van der Waals surface area (Å²) in [6, 6.07) is 6.25. The zero-order valence-corrected chi connectivity index (χ0v) is 18.2. The molecule has 0 aromatic heterocycles. The van der Waals surface area contributed by atoms with Crippen LogP contribution < -0.4 is 19.5 Å². The largest absolute Gasteiger partial charge is 0.486 e. The molecule has 2 aliphatic rings. The minimum absolute atomic E-state index is 0.00154. The Morgan fingerprint density at radius 2 is 1.81 bits per heavy atom. The second-order valence-electron chi connectivity index (χ2n) is 7.53. The predicted octanol–water partition coefficient (Wildman–Crippen LogP) is 4.11. The van der Waals surface area contributed by atoms with Gasteiger partial charge in [0.15, 0.2) is 11.5 Å². The maximum Gasteiger partial charge on any atom is 0.259 e. The molecule has 0 atom stereocenters. The summed E-state index contributed by atoms with van der Waals surface area (Å²) in [6.45, 7) is 0.462. The van der Waals surface area contributed by atoms with Crippen molar-refractivity contribution < 1.29 is 27.1 Å². The van der Waals surface area contributed by atoms with E-state index in [0.717, 1.165) is 38.2 Å². The van der Waals surface area contributed by atoms with Gasteiger partial charge in [0.25, 0.3) is 5.91 Å². The number of rotatable bonds is 5. The first-order chi connectivity index (χ1) is 14.8. The van der Waals surface area contributed by atoms with Crippen LogP contribution in [0.4, 0.5) is 10.1 Å². The number of carbonyl (C=O) groups excluding carboxylic acids is 1. The molecule has 2 aromatic carbocycles. The molecule has 0 unspecified atom stereocenters. The Hall–Kier alpha value is -2.36. The summed E-state index contributed by atoms with van der Waals surface area (Å²) in [6.07, 6.45) is 4.61. The Morgan fingerprint density at radius 1 is 1.06 bits per heavy atom. The van der Waals surface area contributed by atoms with Crippen LogP contribution in [0.15, 0.2) is 35.2 Å². The van der Waals surface area contributed by atoms with Gasteiger partial charge in [0.2, 0.25) is 10.0 Å². The molecule has 0 spiro atoms. The highest BCUT2D eigenvalue weighted by Crippen LogP contribution is 2.37. The molecule has 2 aromatic rings. The van der Waals surface area contributed by atoms with Gasteiger partial charge in [-0.1, -0.05) is 30.9 Å². The molecule has 0 saturated heterocycles. The molecule has 1 amide bonds. The summed E-state index contributed by atoms with van der Waals surface area (Å²) in [5.74, 6) is -0.900. The molecule has 1 fully saturated rings. The molecular weight excluding hydrogens is 447 g/mol. The lowest BCUT2D eigenvalue weighted by atomic mass is 9.96. The summed E-state index contributed by atoms with van der Waals surface area (Å²) in [4.78, 5) is 12.9. The number of amides is 1. The van der Waals surface area contributed by atoms with Crippen LogP contribution in [0.25, 0.3) is 0 Å². The van der Waals surface area contributed by atoms with Crippen molar-refractivity contribution in [2.75, 3.05) is 18.5 Å². The standard InChI is InChI=1S/C21H22ClFN2O5S/c22-17-10-14(6-7-18(17)23)24-21(26)16-11-15(12-19-20(16)30-9-8-29-19)31(27,28)25-13-4-2-1-3-5-13/h6-7,10-13,25H,1-5,8-9H2,(H,24,26). The highest BCUT2D eigenvalue weighted by atomic mass is 35.5. The van der Waals surface area contributed by atoms with Gasteiger partial charge in [-0.05, 0) is 37.1 Å². The molecule has 2 N–H and O–H groups in total. The van der Waals surface area contributed by atoms with E-state index in [0.29, 0.717) is 0 Å². The van der Waals surface area contributed by atoms with E-state index in [-0.39, 0.29) is 51.9 Å². The molecule has 0 bridgehead atoms. The first-order valence-electron chi connectivity index (χ1n) is 10.1. The topological polar surface area (TPSA) is 93.7 Å². The lowest BCUT2D eigenvalue weighted by Crippen LogP contribution is -2.36. The number of anilines is 1. The third-order valence-corrected chi connectivity index (χ3v) is 7.06. The SMILES string of the molecule is O=C(Nc1ccc(F)c(Cl)c1)c1cc(S(=O)(=O)NC2CCCCC2)cc2c1OCCO2. The Morgan fingerprint density at radius 3 is 2.55 bits per heavy atom. The van der Waals surface area contributed by atoms with Crippen molar-refractivity contribution in [2.24, 2.45) is 0 Å². The van der Waals surface area contributed by atoms with E-state index in [9.17, 15) is 17.6 Å². The van der Waals surface area contributed by atoms with E-state index in [1.165, 1.54) is 24.3 Å². The van der Waals surface area contributed by atoms with Gasteiger partial charge in [0, 0.05) is 17.8 Å². The van der Waals surface area contributed by atoms with Crippen molar-refractivity contribution >= 4 is 33.2 Å². The molecule has 1 saturated carbocycles. The number of nitrogens with one attached hydrogen (secondary N) is 2. The van der Waals surface area contributed by atoms with Gasteiger partial charge in [0.1, 0.15) is 19.0 Å². The van der Waals surface area contributed by atoms with Crippen molar-refractivity contribution in [3.63, 3.8) is 0 Å². The summed E-state index contributed by atoms with van der Waals surface area (Å²) < 4.78 is 53.3.